The Bertz CT molecular complexity index is 447. The number of aromatic nitrogens is 1. The Morgan fingerprint density at radius 3 is 2.80 bits per heavy atom. The largest absolute Gasteiger partial charge is 0.387 e. The molecule has 2 rings (SSSR count). The van der Waals surface area contributed by atoms with Gasteiger partial charge in [-0.2, -0.15) is 0 Å². The minimum Gasteiger partial charge on any atom is -0.387 e. The lowest BCUT2D eigenvalue weighted by Gasteiger charge is -2.07. The molecule has 1 atom stereocenters. The maximum Gasteiger partial charge on any atom is 0.0927 e. The van der Waals surface area contributed by atoms with Crippen molar-refractivity contribution >= 4 is 23.3 Å². The van der Waals surface area contributed by atoms with Gasteiger partial charge in [0.25, 0.3) is 0 Å². The molecule has 2 aromatic rings. The monoisotopic (exact) mass is 224 g/mol. The van der Waals surface area contributed by atoms with Crippen LogP contribution in [0.4, 0.5) is 0 Å². The smallest absolute Gasteiger partial charge is 0.0927 e. The molecule has 0 aliphatic rings. The molecule has 1 aromatic carbocycles. The van der Waals surface area contributed by atoms with Crippen LogP contribution in [-0.2, 0) is 0 Å². The molecular formula is C11H13ClN2O. The summed E-state index contributed by atoms with van der Waals surface area (Å²) in [6.07, 6.45) is 1.05. The number of aliphatic hydroxyl groups is 1. The van der Waals surface area contributed by atoms with Gasteiger partial charge < -0.3 is 10.8 Å². The molecule has 0 aliphatic heterocycles. The lowest BCUT2D eigenvalue weighted by molar-refractivity contribution is 0.186. The average Bonchev–Trinajstić information content (AvgIpc) is 2.27. The van der Waals surface area contributed by atoms with E-state index in [9.17, 15) is 5.11 Å². The fourth-order valence-corrected chi connectivity index (χ4v) is 1.41. The summed E-state index contributed by atoms with van der Waals surface area (Å²) in [7, 11) is 0. The molecule has 0 fully saturated rings. The Balaban J connectivity index is 0.00000112. The van der Waals surface area contributed by atoms with E-state index >= 15 is 0 Å². The molecule has 3 N–H and O–H groups in total. The normalized spacial score (nSPS) is 12.1. The zero-order valence-electron chi connectivity index (χ0n) is 8.13. The van der Waals surface area contributed by atoms with Crippen LogP contribution < -0.4 is 5.73 Å². The number of halogens is 1. The Labute approximate surface area is 94.3 Å². The van der Waals surface area contributed by atoms with Crippen LogP contribution in [0.15, 0.2) is 36.5 Å². The van der Waals surface area contributed by atoms with E-state index in [0.717, 1.165) is 16.5 Å². The number of rotatable bonds is 2. The molecule has 0 bridgehead atoms. The average molecular weight is 225 g/mol. The topological polar surface area (TPSA) is 59.1 Å². The van der Waals surface area contributed by atoms with Crippen LogP contribution in [0.2, 0.25) is 0 Å². The fraction of sp³-hybridized carbons (Fsp3) is 0.182. The minimum absolute atomic E-state index is 0. The number of aliphatic hydroxyl groups excluding tert-OH is 1. The molecule has 4 heteroatoms. The SMILES string of the molecule is Cl.NCC(O)c1cnc2ccccc2c1. The lowest BCUT2D eigenvalue weighted by Crippen LogP contribution is -2.11. The molecule has 0 saturated carbocycles. The number of para-hydroxylation sites is 1. The maximum absolute atomic E-state index is 9.52. The highest BCUT2D eigenvalue weighted by atomic mass is 35.5. The van der Waals surface area contributed by atoms with E-state index in [1.165, 1.54) is 0 Å². The van der Waals surface area contributed by atoms with Crippen LogP contribution in [-0.4, -0.2) is 16.6 Å². The molecule has 1 heterocycles. The predicted molar refractivity (Wildman–Crippen MR) is 63.0 cm³/mol. The Kier molecular flexibility index (Phi) is 4.03. The Morgan fingerprint density at radius 2 is 2.07 bits per heavy atom. The number of benzene rings is 1. The summed E-state index contributed by atoms with van der Waals surface area (Å²) < 4.78 is 0. The first-order chi connectivity index (χ1) is 6.81. The molecule has 0 radical (unpaired) electrons. The van der Waals surface area contributed by atoms with E-state index in [1.54, 1.807) is 6.20 Å². The molecule has 80 valence electrons. The highest BCUT2D eigenvalue weighted by Gasteiger charge is 2.05. The van der Waals surface area contributed by atoms with E-state index in [4.69, 9.17) is 5.73 Å². The number of pyridine rings is 1. The molecule has 3 nitrogen and oxygen atoms in total. The number of hydrogen-bond acceptors (Lipinski definition) is 3. The van der Waals surface area contributed by atoms with Gasteiger partial charge in [-0.15, -0.1) is 12.4 Å². The summed E-state index contributed by atoms with van der Waals surface area (Å²) in [5, 5.41) is 10.5. The number of hydrogen-bond donors (Lipinski definition) is 2. The van der Waals surface area contributed by atoms with Crippen LogP contribution >= 0.6 is 12.4 Å². The summed E-state index contributed by atoms with van der Waals surface area (Å²) in [4.78, 5) is 4.23. The van der Waals surface area contributed by atoms with E-state index < -0.39 is 6.10 Å². The van der Waals surface area contributed by atoms with Crippen LogP contribution in [0, 0.1) is 0 Å². The molecule has 0 amide bonds. The van der Waals surface area contributed by atoms with Crippen LogP contribution in [0.25, 0.3) is 10.9 Å². The quantitative estimate of drug-likeness (QED) is 0.816. The maximum atomic E-state index is 9.52. The van der Waals surface area contributed by atoms with E-state index in [-0.39, 0.29) is 19.0 Å². The van der Waals surface area contributed by atoms with Crippen molar-refractivity contribution in [2.24, 2.45) is 5.73 Å². The zero-order valence-corrected chi connectivity index (χ0v) is 8.95. The number of nitrogens with two attached hydrogens (primary N) is 1. The van der Waals surface area contributed by atoms with E-state index in [0.29, 0.717) is 0 Å². The summed E-state index contributed by atoms with van der Waals surface area (Å²) >= 11 is 0. The van der Waals surface area contributed by atoms with Gasteiger partial charge in [-0.05, 0) is 12.1 Å². The lowest BCUT2D eigenvalue weighted by atomic mass is 10.1. The Morgan fingerprint density at radius 1 is 1.33 bits per heavy atom. The molecule has 0 saturated heterocycles. The third kappa shape index (κ3) is 2.45. The second-order valence-electron chi connectivity index (χ2n) is 3.21. The van der Waals surface area contributed by atoms with Gasteiger partial charge in [0.1, 0.15) is 0 Å². The first-order valence-corrected chi connectivity index (χ1v) is 4.54. The molecule has 0 spiro atoms. The molecule has 0 aliphatic carbocycles. The van der Waals surface area contributed by atoms with Crippen molar-refractivity contribution < 1.29 is 5.11 Å². The third-order valence-corrected chi connectivity index (χ3v) is 2.22. The third-order valence-electron chi connectivity index (χ3n) is 2.22. The standard InChI is InChI=1S/C11H12N2O.ClH/c12-6-11(14)9-5-8-3-1-2-4-10(8)13-7-9;/h1-5,7,11,14H,6,12H2;1H. The van der Waals surface area contributed by atoms with Crippen molar-refractivity contribution in [2.45, 2.75) is 6.10 Å². The van der Waals surface area contributed by atoms with Gasteiger partial charge >= 0.3 is 0 Å². The highest BCUT2D eigenvalue weighted by molar-refractivity contribution is 5.85. The summed E-state index contributed by atoms with van der Waals surface area (Å²) in [5.41, 5.74) is 7.07. The first kappa shape index (κ1) is 11.9. The number of fused-ring (bicyclic) bond motifs is 1. The van der Waals surface area contributed by atoms with Crippen LogP contribution in [0.5, 0.6) is 0 Å². The van der Waals surface area contributed by atoms with Gasteiger partial charge in [0.05, 0.1) is 11.6 Å². The second kappa shape index (κ2) is 5.07. The summed E-state index contributed by atoms with van der Waals surface area (Å²) in [6.45, 7) is 0.222. The second-order valence-corrected chi connectivity index (χ2v) is 3.21. The number of nitrogens with zero attached hydrogens (tertiary/aromatic N) is 1. The van der Waals surface area contributed by atoms with Crippen LogP contribution in [0.3, 0.4) is 0 Å². The van der Waals surface area contributed by atoms with Gasteiger partial charge in [-0.1, -0.05) is 18.2 Å². The molecule has 15 heavy (non-hydrogen) atoms. The molecule has 1 aromatic heterocycles. The molecular weight excluding hydrogens is 212 g/mol. The van der Waals surface area contributed by atoms with Crippen molar-refractivity contribution in [3.8, 4) is 0 Å². The predicted octanol–water partition coefficient (Wildman–Crippen LogP) is 1.65. The van der Waals surface area contributed by atoms with Gasteiger partial charge in [-0.25, -0.2) is 0 Å². The summed E-state index contributed by atoms with van der Waals surface area (Å²) in [6, 6.07) is 9.71. The van der Waals surface area contributed by atoms with Gasteiger partial charge in [0.2, 0.25) is 0 Å². The van der Waals surface area contributed by atoms with Gasteiger partial charge in [0.15, 0.2) is 0 Å². The van der Waals surface area contributed by atoms with Crippen molar-refractivity contribution in [3.05, 3.63) is 42.1 Å². The zero-order chi connectivity index (χ0) is 9.97. The molecule has 1 unspecified atom stereocenters. The highest BCUT2D eigenvalue weighted by Crippen LogP contribution is 2.17. The van der Waals surface area contributed by atoms with Crippen molar-refractivity contribution in [3.63, 3.8) is 0 Å². The summed E-state index contributed by atoms with van der Waals surface area (Å²) in [5.74, 6) is 0. The van der Waals surface area contributed by atoms with E-state index in [2.05, 4.69) is 4.98 Å². The van der Waals surface area contributed by atoms with Crippen molar-refractivity contribution in [1.82, 2.24) is 4.98 Å². The first-order valence-electron chi connectivity index (χ1n) is 4.54. The van der Waals surface area contributed by atoms with Gasteiger partial charge in [-0.3, -0.25) is 4.98 Å². The minimum atomic E-state index is -0.618. The van der Waals surface area contributed by atoms with Crippen molar-refractivity contribution in [2.75, 3.05) is 6.54 Å². The fourth-order valence-electron chi connectivity index (χ4n) is 1.41. The van der Waals surface area contributed by atoms with Crippen LogP contribution in [0.1, 0.15) is 11.7 Å². The van der Waals surface area contributed by atoms with Crippen molar-refractivity contribution in [1.29, 1.82) is 0 Å². The van der Waals surface area contributed by atoms with Gasteiger partial charge in [0, 0.05) is 23.7 Å². The Hall–Kier alpha value is -1.16. The van der Waals surface area contributed by atoms with E-state index in [1.807, 2.05) is 30.3 Å².